The second-order valence-electron chi connectivity index (χ2n) is 4.32. The summed E-state index contributed by atoms with van der Waals surface area (Å²) in [6.45, 7) is 0.797. The molecule has 1 aliphatic heterocycles. The Labute approximate surface area is 110 Å². The molecule has 0 aliphatic carbocycles. The normalized spacial score (nSPS) is 18.1. The maximum Gasteiger partial charge on any atom is 0.340 e. The molecule has 0 saturated carbocycles. The van der Waals surface area contributed by atoms with Crippen molar-refractivity contribution in [1.29, 1.82) is 0 Å². The highest BCUT2D eigenvalue weighted by Crippen LogP contribution is 2.19. The van der Waals surface area contributed by atoms with Crippen LogP contribution in [0.25, 0.3) is 0 Å². The van der Waals surface area contributed by atoms with E-state index in [1.807, 2.05) is 0 Å². The molecular formula is C13H15FN2O3. The number of amides is 1. The van der Waals surface area contributed by atoms with Crippen molar-refractivity contribution in [2.45, 2.75) is 18.9 Å². The van der Waals surface area contributed by atoms with Gasteiger partial charge in [0.2, 0.25) is 5.91 Å². The lowest BCUT2D eigenvalue weighted by atomic mass is 10.1. The fourth-order valence-corrected chi connectivity index (χ4v) is 2.03. The predicted molar refractivity (Wildman–Crippen MR) is 67.4 cm³/mol. The van der Waals surface area contributed by atoms with Crippen LogP contribution in [0.1, 0.15) is 23.2 Å². The number of benzene rings is 1. The predicted octanol–water partition coefficient (Wildman–Crippen LogP) is 1.30. The first-order valence-electron chi connectivity index (χ1n) is 6.04. The van der Waals surface area contributed by atoms with E-state index < -0.39 is 11.8 Å². The molecule has 1 aromatic carbocycles. The van der Waals surface area contributed by atoms with Gasteiger partial charge >= 0.3 is 5.97 Å². The monoisotopic (exact) mass is 266 g/mol. The fraction of sp³-hybridized carbons (Fsp3) is 0.385. The van der Waals surface area contributed by atoms with E-state index in [0.717, 1.165) is 25.5 Å². The minimum atomic E-state index is -0.686. The molecule has 0 spiro atoms. The molecule has 0 radical (unpaired) electrons. The molecule has 1 fully saturated rings. The summed E-state index contributed by atoms with van der Waals surface area (Å²) in [6.07, 6.45) is 1.69. The number of hydrogen-bond donors (Lipinski definition) is 2. The van der Waals surface area contributed by atoms with Crippen LogP contribution in [-0.4, -0.2) is 31.6 Å². The zero-order valence-electron chi connectivity index (χ0n) is 10.5. The number of carbonyl (C=O) groups excluding carboxylic acids is 2. The summed E-state index contributed by atoms with van der Waals surface area (Å²) in [5, 5.41) is 5.67. The zero-order valence-corrected chi connectivity index (χ0v) is 10.5. The van der Waals surface area contributed by atoms with Crippen molar-refractivity contribution in [2.75, 3.05) is 19.0 Å². The largest absolute Gasteiger partial charge is 0.465 e. The number of rotatable bonds is 3. The van der Waals surface area contributed by atoms with Crippen LogP contribution in [0.5, 0.6) is 0 Å². The van der Waals surface area contributed by atoms with Crippen molar-refractivity contribution < 1.29 is 18.7 Å². The quantitative estimate of drug-likeness (QED) is 0.809. The van der Waals surface area contributed by atoms with Crippen LogP contribution >= 0.6 is 0 Å². The molecule has 2 rings (SSSR count). The summed E-state index contributed by atoms with van der Waals surface area (Å²) in [5.74, 6) is -1.47. The van der Waals surface area contributed by atoms with Crippen molar-refractivity contribution >= 4 is 17.6 Å². The van der Waals surface area contributed by atoms with E-state index in [1.165, 1.54) is 19.2 Å². The molecule has 102 valence electrons. The Morgan fingerprint density at radius 3 is 2.89 bits per heavy atom. The SMILES string of the molecule is COC(=O)c1cc(F)ccc1NC(=O)[C@H]1CCCN1. The highest BCUT2D eigenvalue weighted by molar-refractivity contribution is 6.02. The number of carbonyl (C=O) groups is 2. The maximum absolute atomic E-state index is 13.1. The molecule has 2 N–H and O–H groups in total. The van der Waals surface area contributed by atoms with E-state index in [0.29, 0.717) is 0 Å². The topological polar surface area (TPSA) is 67.4 Å². The molecule has 0 bridgehead atoms. The van der Waals surface area contributed by atoms with Gasteiger partial charge in [0, 0.05) is 0 Å². The molecule has 1 heterocycles. The van der Waals surface area contributed by atoms with Crippen LogP contribution in [0.4, 0.5) is 10.1 Å². The second kappa shape index (κ2) is 5.79. The fourth-order valence-electron chi connectivity index (χ4n) is 2.03. The lowest BCUT2D eigenvalue weighted by molar-refractivity contribution is -0.117. The van der Waals surface area contributed by atoms with Gasteiger partial charge in [-0.05, 0) is 37.6 Å². The lowest BCUT2D eigenvalue weighted by Crippen LogP contribution is -2.35. The highest BCUT2D eigenvalue weighted by Gasteiger charge is 2.23. The Morgan fingerprint density at radius 2 is 2.26 bits per heavy atom. The molecule has 0 aromatic heterocycles. The number of ether oxygens (including phenoxy) is 1. The molecule has 1 aliphatic rings. The third-order valence-electron chi connectivity index (χ3n) is 3.02. The summed E-state index contributed by atoms with van der Waals surface area (Å²) in [6, 6.07) is 3.32. The van der Waals surface area contributed by atoms with Crippen molar-refractivity contribution in [2.24, 2.45) is 0 Å². The van der Waals surface area contributed by atoms with Crippen molar-refractivity contribution in [1.82, 2.24) is 5.32 Å². The maximum atomic E-state index is 13.1. The van der Waals surface area contributed by atoms with Gasteiger partial charge in [0.1, 0.15) is 5.82 Å². The highest BCUT2D eigenvalue weighted by atomic mass is 19.1. The van der Waals surface area contributed by atoms with Crippen molar-refractivity contribution in [3.05, 3.63) is 29.6 Å². The Hall–Kier alpha value is -1.95. The van der Waals surface area contributed by atoms with Crippen LogP contribution in [-0.2, 0) is 9.53 Å². The van der Waals surface area contributed by atoms with Gasteiger partial charge in [0.05, 0.1) is 24.4 Å². The van der Waals surface area contributed by atoms with E-state index in [4.69, 9.17) is 0 Å². The standard InChI is InChI=1S/C13H15FN2O3/c1-19-13(18)9-7-8(14)4-5-10(9)16-12(17)11-3-2-6-15-11/h4-5,7,11,15H,2-3,6H2,1H3,(H,16,17)/t11-/m1/s1. The first-order chi connectivity index (χ1) is 9.11. The van der Waals surface area contributed by atoms with Gasteiger partial charge in [-0.15, -0.1) is 0 Å². The molecule has 1 amide bonds. The molecular weight excluding hydrogens is 251 g/mol. The van der Waals surface area contributed by atoms with E-state index in [2.05, 4.69) is 15.4 Å². The van der Waals surface area contributed by atoms with Gasteiger partial charge in [0.15, 0.2) is 0 Å². The van der Waals surface area contributed by atoms with Gasteiger partial charge in [0.25, 0.3) is 0 Å². The van der Waals surface area contributed by atoms with Crippen molar-refractivity contribution in [3.63, 3.8) is 0 Å². The van der Waals surface area contributed by atoms with E-state index in [9.17, 15) is 14.0 Å². The number of anilines is 1. The first-order valence-corrected chi connectivity index (χ1v) is 6.04. The Kier molecular flexibility index (Phi) is 4.11. The van der Waals surface area contributed by atoms with Crippen LogP contribution in [0.3, 0.4) is 0 Å². The number of nitrogens with one attached hydrogen (secondary N) is 2. The summed E-state index contributed by atoms with van der Waals surface area (Å²) in [7, 11) is 1.21. The average molecular weight is 266 g/mol. The Balaban J connectivity index is 2.19. The Bertz CT molecular complexity index is 499. The minimum Gasteiger partial charge on any atom is -0.465 e. The number of hydrogen-bond acceptors (Lipinski definition) is 4. The van der Waals surface area contributed by atoms with E-state index in [-0.39, 0.29) is 23.2 Å². The third-order valence-corrected chi connectivity index (χ3v) is 3.02. The van der Waals surface area contributed by atoms with E-state index >= 15 is 0 Å². The van der Waals surface area contributed by atoms with Gasteiger partial charge in [-0.3, -0.25) is 4.79 Å². The van der Waals surface area contributed by atoms with Gasteiger partial charge in [-0.2, -0.15) is 0 Å². The number of methoxy groups -OCH3 is 1. The molecule has 1 saturated heterocycles. The van der Waals surface area contributed by atoms with Gasteiger partial charge < -0.3 is 15.4 Å². The van der Waals surface area contributed by atoms with E-state index in [1.54, 1.807) is 0 Å². The molecule has 1 aromatic rings. The molecule has 1 atom stereocenters. The smallest absolute Gasteiger partial charge is 0.340 e. The summed E-state index contributed by atoms with van der Waals surface area (Å²) >= 11 is 0. The number of esters is 1. The summed E-state index contributed by atoms with van der Waals surface area (Å²) in [4.78, 5) is 23.5. The molecule has 5 nitrogen and oxygen atoms in total. The van der Waals surface area contributed by atoms with Crippen LogP contribution < -0.4 is 10.6 Å². The zero-order chi connectivity index (χ0) is 13.8. The first kappa shape index (κ1) is 13.5. The summed E-state index contributed by atoms with van der Waals surface area (Å²) < 4.78 is 17.7. The van der Waals surface area contributed by atoms with Crippen molar-refractivity contribution in [3.8, 4) is 0 Å². The lowest BCUT2D eigenvalue weighted by Gasteiger charge is -2.13. The average Bonchev–Trinajstić information content (AvgIpc) is 2.94. The van der Waals surface area contributed by atoms with Crippen LogP contribution in [0.15, 0.2) is 18.2 Å². The summed E-state index contributed by atoms with van der Waals surface area (Å²) in [5.41, 5.74) is 0.265. The third kappa shape index (κ3) is 3.08. The molecule has 0 unspecified atom stereocenters. The van der Waals surface area contributed by atoms with Gasteiger partial charge in [-0.1, -0.05) is 0 Å². The molecule has 6 heteroatoms. The Morgan fingerprint density at radius 1 is 1.47 bits per heavy atom. The van der Waals surface area contributed by atoms with Gasteiger partial charge in [-0.25, -0.2) is 9.18 Å². The van der Waals surface area contributed by atoms with Crippen LogP contribution in [0.2, 0.25) is 0 Å². The minimum absolute atomic E-state index is 0.00819. The van der Waals surface area contributed by atoms with Crippen LogP contribution in [0, 0.1) is 5.82 Å². The number of halogens is 1. The molecule has 19 heavy (non-hydrogen) atoms. The second-order valence-corrected chi connectivity index (χ2v) is 4.32.